The lowest BCUT2D eigenvalue weighted by atomic mass is 10.0. The van der Waals surface area contributed by atoms with E-state index in [1.54, 1.807) is 4.90 Å². The smallest absolute Gasteiger partial charge is 0.322 e. The third kappa shape index (κ3) is 5.35. The number of rotatable bonds is 6. The van der Waals surface area contributed by atoms with Crippen LogP contribution in [0.1, 0.15) is 44.6 Å². The molecule has 1 saturated carbocycles. The van der Waals surface area contributed by atoms with Crippen LogP contribution in [0.5, 0.6) is 5.75 Å². The number of nitrogens with zero attached hydrogens (tertiary/aromatic N) is 1. The van der Waals surface area contributed by atoms with Crippen molar-refractivity contribution in [2.24, 2.45) is 0 Å². The van der Waals surface area contributed by atoms with E-state index in [-0.39, 0.29) is 17.9 Å². The van der Waals surface area contributed by atoms with Crippen LogP contribution in [0, 0.1) is 0 Å². The van der Waals surface area contributed by atoms with E-state index in [0.717, 1.165) is 42.7 Å². The zero-order valence-electron chi connectivity index (χ0n) is 16.4. The van der Waals surface area contributed by atoms with Crippen LogP contribution >= 0.6 is 0 Å². The number of carbonyl (C=O) groups excluding carboxylic acids is 2. The molecule has 148 valence electrons. The number of benzene rings is 2. The van der Waals surface area contributed by atoms with Crippen molar-refractivity contribution >= 4 is 17.5 Å². The Bertz CT molecular complexity index is 774. The van der Waals surface area contributed by atoms with Crippen LogP contribution in [0.3, 0.4) is 0 Å². The Hall–Kier alpha value is -2.82. The van der Waals surface area contributed by atoms with E-state index < -0.39 is 0 Å². The molecule has 2 amide bonds. The number of hydrogen-bond acceptors (Lipinski definition) is 3. The summed E-state index contributed by atoms with van der Waals surface area (Å²) in [4.78, 5) is 27.5. The van der Waals surface area contributed by atoms with E-state index in [9.17, 15) is 9.59 Å². The number of ketones is 1. The van der Waals surface area contributed by atoms with Gasteiger partial charge in [-0.3, -0.25) is 4.79 Å². The molecule has 0 aliphatic heterocycles. The average molecular weight is 380 g/mol. The van der Waals surface area contributed by atoms with Crippen LogP contribution in [-0.4, -0.2) is 29.4 Å². The lowest BCUT2D eigenvalue weighted by Crippen LogP contribution is -2.46. The Morgan fingerprint density at radius 3 is 2.54 bits per heavy atom. The SMILES string of the molecule is CCOc1ccc(CN(C(=O)Nc2ccccc2)C2CCCCCC2=O)cc1. The van der Waals surface area contributed by atoms with Gasteiger partial charge in [0.25, 0.3) is 0 Å². The number of urea groups is 1. The van der Waals surface area contributed by atoms with Gasteiger partial charge in [-0.25, -0.2) is 4.79 Å². The van der Waals surface area contributed by atoms with Crippen molar-refractivity contribution in [3.8, 4) is 5.75 Å². The van der Waals surface area contributed by atoms with Gasteiger partial charge < -0.3 is 15.0 Å². The van der Waals surface area contributed by atoms with Gasteiger partial charge in [-0.1, -0.05) is 43.2 Å². The molecule has 3 rings (SSSR count). The molecule has 0 aromatic heterocycles. The first-order valence-electron chi connectivity index (χ1n) is 10.0. The molecule has 0 spiro atoms. The largest absolute Gasteiger partial charge is 0.494 e. The van der Waals surface area contributed by atoms with Crippen LogP contribution in [-0.2, 0) is 11.3 Å². The lowest BCUT2D eigenvalue weighted by Gasteiger charge is -2.30. The second-order valence-electron chi connectivity index (χ2n) is 7.08. The maximum Gasteiger partial charge on any atom is 0.322 e. The quantitative estimate of drug-likeness (QED) is 0.716. The highest BCUT2D eigenvalue weighted by Crippen LogP contribution is 2.23. The van der Waals surface area contributed by atoms with Crippen molar-refractivity contribution < 1.29 is 14.3 Å². The second-order valence-corrected chi connectivity index (χ2v) is 7.08. The van der Waals surface area contributed by atoms with E-state index in [0.29, 0.717) is 19.6 Å². The molecule has 1 unspecified atom stereocenters. The minimum Gasteiger partial charge on any atom is -0.494 e. The Morgan fingerprint density at radius 1 is 1.07 bits per heavy atom. The molecule has 0 heterocycles. The van der Waals surface area contributed by atoms with Gasteiger partial charge in [-0.2, -0.15) is 0 Å². The van der Waals surface area contributed by atoms with Crippen LogP contribution in [0.25, 0.3) is 0 Å². The van der Waals surface area contributed by atoms with Gasteiger partial charge >= 0.3 is 6.03 Å². The van der Waals surface area contributed by atoms with Crippen molar-refractivity contribution in [3.63, 3.8) is 0 Å². The first-order chi connectivity index (χ1) is 13.7. The minimum atomic E-state index is -0.377. The normalized spacial score (nSPS) is 16.9. The average Bonchev–Trinajstić information content (AvgIpc) is 2.92. The molecule has 5 nitrogen and oxygen atoms in total. The van der Waals surface area contributed by atoms with Crippen molar-refractivity contribution in [3.05, 3.63) is 60.2 Å². The zero-order chi connectivity index (χ0) is 19.8. The highest BCUT2D eigenvalue weighted by molar-refractivity contribution is 5.94. The molecule has 1 aliphatic carbocycles. The summed E-state index contributed by atoms with van der Waals surface area (Å²) in [5, 5.41) is 2.94. The number of amides is 2. The predicted octanol–water partition coefficient (Wildman–Crippen LogP) is 5.02. The summed E-state index contributed by atoms with van der Waals surface area (Å²) in [7, 11) is 0. The summed E-state index contributed by atoms with van der Waals surface area (Å²) in [6, 6.07) is 16.5. The van der Waals surface area contributed by atoms with Crippen LogP contribution in [0.4, 0.5) is 10.5 Å². The molecule has 1 aliphatic rings. The zero-order valence-corrected chi connectivity index (χ0v) is 16.4. The summed E-state index contributed by atoms with van der Waals surface area (Å²) in [5.41, 5.74) is 1.70. The molecule has 2 aromatic rings. The summed E-state index contributed by atoms with van der Waals surface area (Å²) in [6.45, 7) is 2.95. The standard InChI is InChI=1S/C23H28N2O3/c1-2-28-20-15-13-18(14-16-20)17-25(21-11-7-4-8-12-22(21)26)23(27)24-19-9-5-3-6-10-19/h3,5-6,9-10,13-16,21H,2,4,7-8,11-12,17H2,1H3,(H,24,27). The Labute approximate surface area is 166 Å². The topological polar surface area (TPSA) is 58.6 Å². The van der Waals surface area contributed by atoms with E-state index in [2.05, 4.69) is 5.32 Å². The summed E-state index contributed by atoms with van der Waals surface area (Å²) in [5.74, 6) is 0.962. The van der Waals surface area contributed by atoms with Crippen molar-refractivity contribution in [2.75, 3.05) is 11.9 Å². The van der Waals surface area contributed by atoms with Crippen LogP contribution < -0.4 is 10.1 Å². The third-order valence-electron chi connectivity index (χ3n) is 5.02. The number of carbonyl (C=O) groups is 2. The number of para-hydroxylation sites is 1. The second kappa shape index (κ2) is 9.93. The molecule has 0 radical (unpaired) electrons. The van der Waals surface area contributed by atoms with E-state index in [1.807, 2.05) is 61.5 Å². The molecule has 0 saturated heterocycles. The number of anilines is 1. The molecule has 1 atom stereocenters. The Morgan fingerprint density at radius 2 is 1.82 bits per heavy atom. The van der Waals surface area contributed by atoms with Crippen molar-refractivity contribution in [1.29, 1.82) is 0 Å². The fourth-order valence-corrected chi connectivity index (χ4v) is 3.57. The minimum absolute atomic E-state index is 0.159. The highest BCUT2D eigenvalue weighted by atomic mass is 16.5. The third-order valence-corrected chi connectivity index (χ3v) is 5.02. The number of hydrogen-bond donors (Lipinski definition) is 1. The maximum absolute atomic E-state index is 13.1. The first kappa shape index (κ1) is 19.9. The fourth-order valence-electron chi connectivity index (χ4n) is 3.57. The Kier molecular flexibility index (Phi) is 7.06. The predicted molar refractivity (Wildman–Crippen MR) is 110 cm³/mol. The molecule has 0 bridgehead atoms. The highest BCUT2D eigenvalue weighted by Gasteiger charge is 2.30. The van der Waals surface area contributed by atoms with Gasteiger partial charge in [0.15, 0.2) is 5.78 Å². The van der Waals surface area contributed by atoms with Gasteiger partial charge in [-0.05, 0) is 49.6 Å². The van der Waals surface area contributed by atoms with Crippen molar-refractivity contribution in [1.82, 2.24) is 4.90 Å². The molecule has 1 N–H and O–H groups in total. The van der Waals surface area contributed by atoms with Gasteiger partial charge in [-0.15, -0.1) is 0 Å². The molecule has 28 heavy (non-hydrogen) atoms. The summed E-state index contributed by atoms with van der Waals surface area (Å²) < 4.78 is 5.50. The number of Topliss-reactive ketones (excluding diaryl/α,β-unsaturated/α-hetero) is 1. The van der Waals surface area contributed by atoms with Crippen LogP contribution in [0.2, 0.25) is 0 Å². The van der Waals surface area contributed by atoms with Crippen LogP contribution in [0.15, 0.2) is 54.6 Å². The van der Waals surface area contributed by atoms with E-state index in [4.69, 9.17) is 4.74 Å². The van der Waals surface area contributed by atoms with Gasteiger partial charge in [0, 0.05) is 18.7 Å². The number of nitrogens with one attached hydrogen (secondary N) is 1. The van der Waals surface area contributed by atoms with E-state index >= 15 is 0 Å². The molecule has 2 aromatic carbocycles. The van der Waals surface area contributed by atoms with Gasteiger partial charge in [0.2, 0.25) is 0 Å². The van der Waals surface area contributed by atoms with Gasteiger partial charge in [0.05, 0.1) is 12.6 Å². The van der Waals surface area contributed by atoms with Gasteiger partial charge in [0.1, 0.15) is 5.75 Å². The monoisotopic (exact) mass is 380 g/mol. The van der Waals surface area contributed by atoms with E-state index in [1.165, 1.54) is 0 Å². The molecule has 5 heteroatoms. The fraction of sp³-hybridized carbons (Fsp3) is 0.391. The summed E-state index contributed by atoms with van der Waals surface area (Å²) >= 11 is 0. The maximum atomic E-state index is 13.1. The molecule has 1 fully saturated rings. The lowest BCUT2D eigenvalue weighted by molar-refractivity contribution is -0.123. The number of ether oxygens (including phenoxy) is 1. The first-order valence-corrected chi connectivity index (χ1v) is 10.0. The summed E-state index contributed by atoms with van der Waals surface area (Å²) in [6.07, 6.45) is 4.18. The van der Waals surface area contributed by atoms with Crippen molar-refractivity contribution in [2.45, 2.75) is 51.6 Å². The molecular weight excluding hydrogens is 352 g/mol. The Balaban J connectivity index is 1.80. The molecular formula is C23H28N2O3.